The maximum atomic E-state index is 6.62. The minimum Gasteiger partial charge on any atom is -0.454 e. The molecule has 6 aromatic carbocycles. The molecule has 2 aromatic heterocycles. The van der Waals surface area contributed by atoms with Gasteiger partial charge >= 0.3 is 0 Å². The van der Waals surface area contributed by atoms with Gasteiger partial charge in [-0.25, -0.2) is 0 Å². The van der Waals surface area contributed by atoms with Crippen molar-refractivity contribution in [1.29, 1.82) is 0 Å². The number of furan rings is 1. The first-order valence-corrected chi connectivity index (χ1v) is 15.1. The number of hydrogen-bond acceptors (Lipinski definition) is 1. The van der Waals surface area contributed by atoms with Gasteiger partial charge in [0.2, 0.25) is 0 Å². The fraction of sp³-hybridized carbons (Fsp3) is 0.0476. The standard InChI is InChI=1S/C42H31NO/c1-3-13-38-28(2)35-20-7-9-22-39(35)43(38)40-27-34(26-37-36-21-8-10-23-41(36)44-42(37)40)33-19-12-18-32(25-33)31-17-11-16-30(24-31)29-14-5-4-6-15-29/h3-27H,1-2H3/b13-3-. The maximum absolute atomic E-state index is 6.62. The fourth-order valence-electron chi connectivity index (χ4n) is 6.57. The Morgan fingerprint density at radius 1 is 0.523 bits per heavy atom. The number of aryl methyl sites for hydroxylation is 1. The second-order valence-electron chi connectivity index (χ2n) is 11.4. The van der Waals surface area contributed by atoms with Crippen LogP contribution in [0.15, 0.2) is 150 Å². The van der Waals surface area contributed by atoms with Crippen LogP contribution in [0.5, 0.6) is 0 Å². The molecule has 0 aliphatic carbocycles. The molecule has 210 valence electrons. The van der Waals surface area contributed by atoms with E-state index in [9.17, 15) is 0 Å². The summed E-state index contributed by atoms with van der Waals surface area (Å²) in [4.78, 5) is 0. The van der Waals surface area contributed by atoms with Gasteiger partial charge in [-0.1, -0.05) is 109 Å². The van der Waals surface area contributed by atoms with Crippen molar-refractivity contribution >= 4 is 38.9 Å². The highest BCUT2D eigenvalue weighted by Gasteiger charge is 2.20. The number of para-hydroxylation sites is 2. The Kier molecular flexibility index (Phi) is 6.27. The van der Waals surface area contributed by atoms with Crippen molar-refractivity contribution in [1.82, 2.24) is 4.57 Å². The predicted octanol–water partition coefficient (Wildman–Crippen LogP) is 11.9. The van der Waals surface area contributed by atoms with Crippen LogP contribution in [0, 0.1) is 6.92 Å². The van der Waals surface area contributed by atoms with Gasteiger partial charge in [-0.15, -0.1) is 0 Å². The first-order chi connectivity index (χ1) is 21.7. The van der Waals surface area contributed by atoms with E-state index in [4.69, 9.17) is 4.42 Å². The third-order valence-electron chi connectivity index (χ3n) is 8.70. The van der Waals surface area contributed by atoms with Crippen molar-refractivity contribution < 1.29 is 4.42 Å². The molecule has 0 radical (unpaired) electrons. The molecule has 0 aliphatic rings. The topological polar surface area (TPSA) is 18.1 Å². The molecular formula is C42H31NO. The molecule has 0 aliphatic heterocycles. The lowest BCUT2D eigenvalue weighted by Gasteiger charge is -2.14. The Balaban J connectivity index is 1.37. The number of rotatable bonds is 5. The molecule has 2 heterocycles. The van der Waals surface area contributed by atoms with Crippen molar-refractivity contribution in [2.45, 2.75) is 13.8 Å². The Morgan fingerprint density at radius 2 is 1.11 bits per heavy atom. The Labute approximate surface area is 257 Å². The number of nitrogens with zero attached hydrogens (tertiary/aromatic N) is 1. The van der Waals surface area contributed by atoms with E-state index < -0.39 is 0 Å². The van der Waals surface area contributed by atoms with E-state index >= 15 is 0 Å². The lowest BCUT2D eigenvalue weighted by Crippen LogP contribution is -1.98. The van der Waals surface area contributed by atoms with Crippen molar-refractivity contribution in [2.24, 2.45) is 0 Å². The number of hydrogen-bond donors (Lipinski definition) is 0. The van der Waals surface area contributed by atoms with Gasteiger partial charge in [0.1, 0.15) is 5.58 Å². The number of benzene rings is 6. The van der Waals surface area contributed by atoms with Crippen molar-refractivity contribution in [3.8, 4) is 39.1 Å². The van der Waals surface area contributed by atoms with Crippen molar-refractivity contribution in [3.05, 3.63) is 157 Å². The fourth-order valence-corrected chi connectivity index (χ4v) is 6.57. The second kappa shape index (κ2) is 10.6. The average molecular weight is 566 g/mol. The molecule has 2 nitrogen and oxygen atoms in total. The highest BCUT2D eigenvalue weighted by atomic mass is 16.3. The van der Waals surface area contributed by atoms with E-state index in [1.807, 2.05) is 6.07 Å². The van der Waals surface area contributed by atoms with E-state index in [2.05, 4.69) is 164 Å². The van der Waals surface area contributed by atoms with E-state index in [0.29, 0.717) is 0 Å². The monoisotopic (exact) mass is 565 g/mol. The molecule has 0 saturated carbocycles. The third kappa shape index (κ3) is 4.27. The van der Waals surface area contributed by atoms with Gasteiger partial charge in [0, 0.05) is 21.9 Å². The van der Waals surface area contributed by atoms with Gasteiger partial charge < -0.3 is 8.98 Å². The zero-order valence-electron chi connectivity index (χ0n) is 24.8. The summed E-state index contributed by atoms with van der Waals surface area (Å²) < 4.78 is 8.99. The highest BCUT2D eigenvalue weighted by Crippen LogP contribution is 2.40. The van der Waals surface area contributed by atoms with Crippen molar-refractivity contribution in [3.63, 3.8) is 0 Å². The van der Waals surface area contributed by atoms with E-state index in [-0.39, 0.29) is 0 Å². The van der Waals surface area contributed by atoms with Gasteiger partial charge in [0.15, 0.2) is 5.58 Å². The van der Waals surface area contributed by atoms with E-state index in [1.165, 1.54) is 50.0 Å². The maximum Gasteiger partial charge on any atom is 0.159 e. The molecule has 44 heavy (non-hydrogen) atoms. The third-order valence-corrected chi connectivity index (χ3v) is 8.70. The van der Waals surface area contributed by atoms with Gasteiger partial charge in [0.05, 0.1) is 11.2 Å². The van der Waals surface area contributed by atoms with Crippen LogP contribution in [0.4, 0.5) is 0 Å². The lowest BCUT2D eigenvalue weighted by atomic mass is 9.95. The first-order valence-electron chi connectivity index (χ1n) is 15.1. The summed E-state index contributed by atoms with van der Waals surface area (Å²) in [7, 11) is 0. The van der Waals surface area contributed by atoms with Crippen LogP contribution in [0.25, 0.3) is 78.0 Å². The molecule has 8 rings (SSSR count). The zero-order valence-corrected chi connectivity index (χ0v) is 24.8. The number of aromatic nitrogens is 1. The summed E-state index contributed by atoms with van der Waals surface area (Å²) in [5.41, 5.74) is 13.6. The van der Waals surface area contributed by atoms with Crippen LogP contribution in [-0.4, -0.2) is 4.57 Å². The van der Waals surface area contributed by atoms with Crippen LogP contribution in [0.2, 0.25) is 0 Å². The summed E-state index contributed by atoms with van der Waals surface area (Å²) in [5.74, 6) is 0. The minimum absolute atomic E-state index is 0.896. The largest absolute Gasteiger partial charge is 0.454 e. The van der Waals surface area contributed by atoms with Crippen LogP contribution in [-0.2, 0) is 0 Å². The average Bonchev–Trinajstić information content (AvgIpc) is 3.60. The molecule has 0 N–H and O–H groups in total. The van der Waals surface area contributed by atoms with Crippen LogP contribution in [0.3, 0.4) is 0 Å². The smallest absolute Gasteiger partial charge is 0.159 e. The summed E-state index contributed by atoms with van der Waals surface area (Å²) in [5, 5.41) is 3.49. The zero-order chi connectivity index (χ0) is 29.6. The van der Waals surface area contributed by atoms with Crippen molar-refractivity contribution in [2.75, 3.05) is 0 Å². The Morgan fingerprint density at radius 3 is 1.84 bits per heavy atom. The van der Waals surface area contributed by atoms with Crippen LogP contribution >= 0.6 is 0 Å². The van der Waals surface area contributed by atoms with Gasteiger partial charge in [-0.3, -0.25) is 0 Å². The molecule has 8 aromatic rings. The van der Waals surface area contributed by atoms with Gasteiger partial charge in [0.25, 0.3) is 0 Å². The quantitative estimate of drug-likeness (QED) is 0.203. The van der Waals surface area contributed by atoms with E-state index in [1.54, 1.807) is 0 Å². The van der Waals surface area contributed by atoms with Crippen LogP contribution < -0.4 is 0 Å². The SMILES string of the molecule is C/C=C\c1c(C)c2ccccc2n1-c1cc(-c2cccc(-c3cccc(-c4ccccc4)c3)c2)cc2c1oc1ccccc12. The first kappa shape index (κ1) is 26.1. The molecule has 0 fully saturated rings. The number of allylic oxidation sites excluding steroid dienone is 1. The summed E-state index contributed by atoms with van der Waals surface area (Å²) in [6, 6.07) is 49.8. The van der Waals surface area contributed by atoms with Gasteiger partial charge in [-0.2, -0.15) is 0 Å². The molecule has 0 amide bonds. The summed E-state index contributed by atoms with van der Waals surface area (Å²) in [6.45, 7) is 4.29. The lowest BCUT2D eigenvalue weighted by molar-refractivity contribution is 0.666. The second-order valence-corrected chi connectivity index (χ2v) is 11.4. The minimum atomic E-state index is 0.896. The molecular weight excluding hydrogens is 534 g/mol. The van der Waals surface area contributed by atoms with Crippen LogP contribution in [0.1, 0.15) is 18.2 Å². The normalized spacial score (nSPS) is 11.8. The molecule has 0 atom stereocenters. The Bertz CT molecular complexity index is 2350. The van der Waals surface area contributed by atoms with Gasteiger partial charge in [-0.05, 0) is 95.3 Å². The Hall–Kier alpha value is -5.60. The molecule has 0 saturated heterocycles. The molecule has 0 bridgehead atoms. The predicted molar refractivity (Wildman–Crippen MR) is 186 cm³/mol. The van der Waals surface area contributed by atoms with E-state index in [0.717, 1.165) is 33.2 Å². The molecule has 2 heteroatoms. The highest BCUT2D eigenvalue weighted by molar-refractivity contribution is 6.10. The molecule has 0 spiro atoms. The summed E-state index contributed by atoms with van der Waals surface area (Å²) >= 11 is 0. The number of fused-ring (bicyclic) bond motifs is 4. The molecule has 0 unspecified atom stereocenters. The summed E-state index contributed by atoms with van der Waals surface area (Å²) in [6.07, 6.45) is 4.32.